The van der Waals surface area contributed by atoms with Crippen molar-refractivity contribution in [2.45, 2.75) is 58.3 Å². The summed E-state index contributed by atoms with van der Waals surface area (Å²) in [6.07, 6.45) is 4.30. The topological polar surface area (TPSA) is 72.2 Å². The van der Waals surface area contributed by atoms with Crippen LogP contribution in [0.25, 0.3) is 0 Å². The molecule has 1 fully saturated rings. The van der Waals surface area contributed by atoms with Crippen molar-refractivity contribution >= 4 is 10.0 Å². The lowest BCUT2D eigenvalue weighted by Gasteiger charge is -2.28. The Bertz CT molecular complexity index is 633. The molecule has 0 unspecified atom stereocenters. The Kier molecular flexibility index (Phi) is 5.00. The van der Waals surface area contributed by atoms with E-state index < -0.39 is 10.0 Å². The Morgan fingerprint density at radius 1 is 1.09 bits per heavy atom. The van der Waals surface area contributed by atoms with Gasteiger partial charge in [0.1, 0.15) is 0 Å². The largest absolute Gasteiger partial charge is 0.330 e. The molecule has 0 spiro atoms. The Hall–Kier alpha value is -0.910. The summed E-state index contributed by atoms with van der Waals surface area (Å²) in [4.78, 5) is 0.440. The molecule has 0 amide bonds. The van der Waals surface area contributed by atoms with Crippen molar-refractivity contribution in [2.24, 2.45) is 11.1 Å². The second kappa shape index (κ2) is 6.30. The standard InChI is InChI=1S/C17H28N2O2S/c1-12-9-13(2)15(4)16(14(12)3)22(20,21)19-11-17(10-18)7-5-6-8-17/h9,19H,5-8,10-11,18H2,1-4H3. The lowest BCUT2D eigenvalue weighted by atomic mass is 9.87. The zero-order valence-corrected chi connectivity index (χ0v) is 14.9. The van der Waals surface area contributed by atoms with E-state index in [1.54, 1.807) is 0 Å². The zero-order chi connectivity index (χ0) is 16.5. The number of hydrogen-bond donors (Lipinski definition) is 2. The number of nitrogens with two attached hydrogens (primary N) is 1. The average Bonchev–Trinajstić information content (AvgIpc) is 2.93. The maximum Gasteiger partial charge on any atom is 0.241 e. The van der Waals surface area contributed by atoms with Gasteiger partial charge in [0.25, 0.3) is 0 Å². The SMILES string of the molecule is Cc1cc(C)c(C)c(S(=O)(=O)NCC2(CN)CCCC2)c1C. The van der Waals surface area contributed by atoms with E-state index >= 15 is 0 Å². The summed E-state index contributed by atoms with van der Waals surface area (Å²) >= 11 is 0. The van der Waals surface area contributed by atoms with E-state index in [0.29, 0.717) is 18.0 Å². The second-order valence-electron chi connectivity index (χ2n) is 6.83. The van der Waals surface area contributed by atoms with Gasteiger partial charge in [-0.15, -0.1) is 0 Å². The molecule has 0 aliphatic heterocycles. The smallest absolute Gasteiger partial charge is 0.241 e. The summed E-state index contributed by atoms with van der Waals surface area (Å²) in [5.41, 5.74) is 9.55. The summed E-state index contributed by atoms with van der Waals surface area (Å²) in [5.74, 6) is 0. The van der Waals surface area contributed by atoms with Crippen molar-refractivity contribution in [2.75, 3.05) is 13.1 Å². The van der Waals surface area contributed by atoms with Gasteiger partial charge in [-0.2, -0.15) is 0 Å². The van der Waals surface area contributed by atoms with Crippen LogP contribution in [0.4, 0.5) is 0 Å². The minimum absolute atomic E-state index is 0.0618. The van der Waals surface area contributed by atoms with Crippen molar-refractivity contribution in [1.29, 1.82) is 0 Å². The van der Waals surface area contributed by atoms with Gasteiger partial charge in [-0.05, 0) is 74.8 Å². The highest BCUT2D eigenvalue weighted by molar-refractivity contribution is 7.89. The third kappa shape index (κ3) is 3.21. The van der Waals surface area contributed by atoms with Crippen LogP contribution in [0.1, 0.15) is 47.9 Å². The first-order chi connectivity index (χ1) is 10.2. The lowest BCUT2D eigenvalue weighted by Crippen LogP contribution is -2.41. The third-order valence-corrected chi connectivity index (χ3v) is 6.97. The Morgan fingerprint density at radius 2 is 1.59 bits per heavy atom. The van der Waals surface area contributed by atoms with Crippen LogP contribution in [0.15, 0.2) is 11.0 Å². The predicted molar refractivity (Wildman–Crippen MR) is 90.5 cm³/mol. The Balaban J connectivity index is 2.32. The zero-order valence-electron chi connectivity index (χ0n) is 14.1. The molecule has 4 nitrogen and oxygen atoms in total. The molecular weight excluding hydrogens is 296 g/mol. The van der Waals surface area contributed by atoms with E-state index in [9.17, 15) is 8.42 Å². The Morgan fingerprint density at radius 3 is 2.05 bits per heavy atom. The van der Waals surface area contributed by atoms with Gasteiger partial charge in [0, 0.05) is 6.54 Å². The summed E-state index contributed by atoms with van der Waals surface area (Å²) < 4.78 is 28.5. The first kappa shape index (κ1) is 17.4. The van der Waals surface area contributed by atoms with Crippen molar-refractivity contribution in [3.8, 4) is 0 Å². The molecule has 3 N–H and O–H groups in total. The highest BCUT2D eigenvalue weighted by atomic mass is 32.2. The summed E-state index contributed by atoms with van der Waals surface area (Å²) in [6.45, 7) is 8.66. The minimum atomic E-state index is -3.51. The van der Waals surface area contributed by atoms with Crippen molar-refractivity contribution in [3.63, 3.8) is 0 Å². The maximum absolute atomic E-state index is 12.8. The fourth-order valence-corrected chi connectivity index (χ4v) is 5.25. The van der Waals surface area contributed by atoms with Crippen molar-refractivity contribution < 1.29 is 8.42 Å². The van der Waals surface area contributed by atoms with Gasteiger partial charge >= 0.3 is 0 Å². The average molecular weight is 324 g/mol. The van der Waals surface area contributed by atoms with E-state index in [-0.39, 0.29) is 5.41 Å². The fraction of sp³-hybridized carbons (Fsp3) is 0.647. The number of benzene rings is 1. The van der Waals surface area contributed by atoms with Gasteiger partial charge < -0.3 is 5.73 Å². The number of aryl methyl sites for hydroxylation is 2. The van der Waals surface area contributed by atoms with E-state index in [4.69, 9.17) is 5.73 Å². The molecule has 1 aromatic rings. The molecule has 1 saturated carbocycles. The van der Waals surface area contributed by atoms with Crippen LogP contribution in [0.5, 0.6) is 0 Å². The predicted octanol–water partition coefficient (Wildman–Crippen LogP) is 2.72. The number of rotatable bonds is 5. The first-order valence-corrected chi connectivity index (χ1v) is 9.48. The summed E-state index contributed by atoms with van der Waals surface area (Å²) in [7, 11) is -3.51. The Labute approximate surface area is 134 Å². The van der Waals surface area contributed by atoms with Gasteiger partial charge in [-0.3, -0.25) is 0 Å². The van der Waals surface area contributed by atoms with Crippen LogP contribution in [0, 0.1) is 33.1 Å². The normalized spacial score (nSPS) is 17.9. The van der Waals surface area contributed by atoms with Gasteiger partial charge in [0.05, 0.1) is 4.90 Å². The number of hydrogen-bond acceptors (Lipinski definition) is 3. The monoisotopic (exact) mass is 324 g/mol. The summed E-state index contributed by atoms with van der Waals surface area (Å²) in [5, 5.41) is 0. The number of nitrogens with one attached hydrogen (secondary N) is 1. The van der Waals surface area contributed by atoms with Crippen LogP contribution in [-0.2, 0) is 10.0 Å². The summed E-state index contributed by atoms with van der Waals surface area (Å²) in [6, 6.07) is 2.04. The minimum Gasteiger partial charge on any atom is -0.330 e. The molecule has 1 aliphatic rings. The molecule has 0 saturated heterocycles. The highest BCUT2D eigenvalue weighted by Gasteiger charge is 2.34. The molecule has 0 atom stereocenters. The second-order valence-corrected chi connectivity index (χ2v) is 8.53. The molecule has 0 radical (unpaired) electrons. The maximum atomic E-state index is 12.8. The molecule has 0 bridgehead atoms. The van der Waals surface area contributed by atoms with Gasteiger partial charge in [-0.25, -0.2) is 13.1 Å². The van der Waals surface area contributed by atoms with E-state index in [2.05, 4.69) is 4.72 Å². The van der Waals surface area contributed by atoms with E-state index in [1.165, 1.54) is 0 Å². The lowest BCUT2D eigenvalue weighted by molar-refractivity contribution is 0.309. The molecule has 0 heterocycles. The van der Waals surface area contributed by atoms with Gasteiger partial charge in [-0.1, -0.05) is 18.9 Å². The van der Waals surface area contributed by atoms with Crippen LogP contribution in [0.3, 0.4) is 0 Å². The van der Waals surface area contributed by atoms with Crippen molar-refractivity contribution in [3.05, 3.63) is 28.3 Å². The fourth-order valence-electron chi connectivity index (χ4n) is 3.48. The quantitative estimate of drug-likeness (QED) is 0.874. The van der Waals surface area contributed by atoms with Gasteiger partial charge in [0.15, 0.2) is 0 Å². The highest BCUT2D eigenvalue weighted by Crippen LogP contribution is 2.37. The molecule has 5 heteroatoms. The molecular formula is C17H28N2O2S. The van der Waals surface area contributed by atoms with Crippen LogP contribution in [-0.4, -0.2) is 21.5 Å². The van der Waals surface area contributed by atoms with E-state index in [0.717, 1.165) is 47.9 Å². The van der Waals surface area contributed by atoms with Crippen LogP contribution < -0.4 is 10.5 Å². The molecule has 0 aromatic heterocycles. The number of sulfonamides is 1. The van der Waals surface area contributed by atoms with E-state index in [1.807, 2.05) is 33.8 Å². The van der Waals surface area contributed by atoms with Gasteiger partial charge in [0.2, 0.25) is 10.0 Å². The first-order valence-electron chi connectivity index (χ1n) is 7.99. The molecule has 22 heavy (non-hydrogen) atoms. The molecule has 1 aromatic carbocycles. The van der Waals surface area contributed by atoms with Crippen LogP contribution >= 0.6 is 0 Å². The molecule has 2 rings (SSSR count). The third-order valence-electron chi connectivity index (χ3n) is 5.30. The van der Waals surface area contributed by atoms with Crippen LogP contribution in [0.2, 0.25) is 0 Å². The van der Waals surface area contributed by atoms with Crippen molar-refractivity contribution in [1.82, 2.24) is 4.72 Å². The molecule has 1 aliphatic carbocycles. The molecule has 124 valence electrons.